The van der Waals surface area contributed by atoms with Gasteiger partial charge in [0, 0.05) is 23.7 Å². The summed E-state index contributed by atoms with van der Waals surface area (Å²) in [4.78, 5) is 11.0. The Hall–Kier alpha value is -2.59. The molecule has 4 nitrogen and oxygen atoms in total. The van der Waals surface area contributed by atoms with E-state index in [1.54, 1.807) is 0 Å². The number of hydrogen-bond acceptors (Lipinski definition) is 2. The van der Waals surface area contributed by atoms with Crippen molar-refractivity contribution < 1.29 is 9.90 Å². The average Bonchev–Trinajstić information content (AvgIpc) is 2.87. The van der Waals surface area contributed by atoms with Crippen molar-refractivity contribution in [2.75, 3.05) is 0 Å². The second-order valence-corrected chi connectivity index (χ2v) is 5.03. The molecule has 0 unspecified atom stereocenters. The highest BCUT2D eigenvalue weighted by atomic mass is 16.4. The van der Waals surface area contributed by atoms with Gasteiger partial charge in [-0.05, 0) is 23.8 Å². The fraction of sp³-hybridized carbons (Fsp3) is 0.118. The van der Waals surface area contributed by atoms with E-state index in [1.807, 2.05) is 60.8 Å². The summed E-state index contributed by atoms with van der Waals surface area (Å²) in [5, 5.41) is 10.0. The third kappa shape index (κ3) is 2.53. The van der Waals surface area contributed by atoms with E-state index >= 15 is 0 Å². The number of para-hydroxylation sites is 2. The van der Waals surface area contributed by atoms with Gasteiger partial charge in [-0.1, -0.05) is 36.4 Å². The molecule has 0 saturated heterocycles. The summed E-state index contributed by atoms with van der Waals surface area (Å²) >= 11 is 0. The molecule has 0 bridgehead atoms. The molecule has 4 heteroatoms. The molecule has 0 aliphatic carbocycles. The minimum Gasteiger partial charge on any atom is -0.480 e. The average molecular weight is 280 g/mol. The van der Waals surface area contributed by atoms with Crippen molar-refractivity contribution >= 4 is 16.9 Å². The van der Waals surface area contributed by atoms with E-state index in [0.29, 0.717) is 6.42 Å². The number of aromatic nitrogens is 1. The largest absolute Gasteiger partial charge is 0.480 e. The molecule has 3 N–H and O–H groups in total. The SMILES string of the molecule is N[C@@H](Cc1cn(-c2ccccc2)c2ccccc12)C(=O)O. The fourth-order valence-corrected chi connectivity index (χ4v) is 2.54. The summed E-state index contributed by atoms with van der Waals surface area (Å²) in [6, 6.07) is 17.0. The van der Waals surface area contributed by atoms with Gasteiger partial charge in [0.1, 0.15) is 6.04 Å². The normalized spacial score (nSPS) is 12.4. The number of carboxylic acid groups (broad SMARTS) is 1. The lowest BCUT2D eigenvalue weighted by Crippen LogP contribution is -2.32. The van der Waals surface area contributed by atoms with E-state index in [2.05, 4.69) is 4.57 Å². The van der Waals surface area contributed by atoms with Crippen LogP contribution in [-0.4, -0.2) is 21.7 Å². The van der Waals surface area contributed by atoms with Crippen molar-refractivity contribution in [3.05, 3.63) is 66.4 Å². The van der Waals surface area contributed by atoms with Crippen LogP contribution in [0, 0.1) is 0 Å². The van der Waals surface area contributed by atoms with Gasteiger partial charge in [-0.2, -0.15) is 0 Å². The molecule has 0 aliphatic heterocycles. The van der Waals surface area contributed by atoms with Crippen LogP contribution in [0.5, 0.6) is 0 Å². The molecule has 0 saturated carbocycles. The molecule has 2 aromatic carbocycles. The highest BCUT2D eigenvalue weighted by molar-refractivity contribution is 5.86. The van der Waals surface area contributed by atoms with Crippen LogP contribution >= 0.6 is 0 Å². The van der Waals surface area contributed by atoms with Gasteiger partial charge in [0.15, 0.2) is 0 Å². The first-order valence-corrected chi connectivity index (χ1v) is 6.79. The van der Waals surface area contributed by atoms with E-state index in [4.69, 9.17) is 10.8 Å². The Bertz CT molecular complexity index is 778. The van der Waals surface area contributed by atoms with Crippen LogP contribution in [0.15, 0.2) is 60.8 Å². The van der Waals surface area contributed by atoms with Crippen molar-refractivity contribution in [2.45, 2.75) is 12.5 Å². The van der Waals surface area contributed by atoms with Gasteiger partial charge in [-0.25, -0.2) is 0 Å². The van der Waals surface area contributed by atoms with Crippen LogP contribution in [0.25, 0.3) is 16.6 Å². The topological polar surface area (TPSA) is 68.2 Å². The van der Waals surface area contributed by atoms with Crippen LogP contribution in [0.4, 0.5) is 0 Å². The van der Waals surface area contributed by atoms with E-state index in [9.17, 15) is 4.79 Å². The van der Waals surface area contributed by atoms with Crippen LogP contribution < -0.4 is 5.73 Å². The molecule has 0 aliphatic rings. The zero-order valence-corrected chi connectivity index (χ0v) is 11.4. The van der Waals surface area contributed by atoms with Gasteiger partial charge in [0.2, 0.25) is 0 Å². The maximum absolute atomic E-state index is 11.0. The molecular weight excluding hydrogens is 264 g/mol. The van der Waals surface area contributed by atoms with Crippen LogP contribution in [0.3, 0.4) is 0 Å². The Labute approximate surface area is 122 Å². The molecule has 0 fully saturated rings. The molecule has 3 aromatic rings. The quantitative estimate of drug-likeness (QED) is 0.771. The Kier molecular flexibility index (Phi) is 3.46. The monoisotopic (exact) mass is 280 g/mol. The molecule has 106 valence electrons. The first-order chi connectivity index (χ1) is 10.2. The number of fused-ring (bicyclic) bond motifs is 1. The van der Waals surface area contributed by atoms with Gasteiger partial charge in [-0.15, -0.1) is 0 Å². The highest BCUT2D eigenvalue weighted by Gasteiger charge is 2.16. The summed E-state index contributed by atoms with van der Waals surface area (Å²) < 4.78 is 2.07. The summed E-state index contributed by atoms with van der Waals surface area (Å²) in [5.74, 6) is -0.980. The van der Waals surface area contributed by atoms with Crippen molar-refractivity contribution in [1.29, 1.82) is 0 Å². The second-order valence-electron chi connectivity index (χ2n) is 5.03. The van der Waals surface area contributed by atoms with Crippen molar-refractivity contribution in [1.82, 2.24) is 4.57 Å². The van der Waals surface area contributed by atoms with Crippen LogP contribution in [0.1, 0.15) is 5.56 Å². The summed E-state index contributed by atoms with van der Waals surface area (Å²) in [6.07, 6.45) is 2.29. The third-order valence-corrected chi connectivity index (χ3v) is 3.59. The van der Waals surface area contributed by atoms with Crippen LogP contribution in [0.2, 0.25) is 0 Å². The predicted molar refractivity (Wildman–Crippen MR) is 82.6 cm³/mol. The number of carboxylic acids is 1. The number of carbonyl (C=O) groups is 1. The minimum atomic E-state index is -0.980. The van der Waals surface area contributed by atoms with Crippen molar-refractivity contribution in [3.63, 3.8) is 0 Å². The summed E-state index contributed by atoms with van der Waals surface area (Å²) in [7, 11) is 0. The van der Waals surface area contributed by atoms with Gasteiger partial charge < -0.3 is 15.4 Å². The zero-order valence-electron chi connectivity index (χ0n) is 11.4. The number of aliphatic carboxylic acids is 1. The predicted octanol–water partition coefficient (Wildman–Crippen LogP) is 2.58. The number of hydrogen-bond donors (Lipinski definition) is 2. The summed E-state index contributed by atoms with van der Waals surface area (Å²) in [5.41, 5.74) is 8.72. The Balaban J connectivity index is 2.12. The first-order valence-electron chi connectivity index (χ1n) is 6.79. The van der Waals surface area contributed by atoms with Gasteiger partial charge in [-0.3, -0.25) is 4.79 Å². The molecule has 0 amide bonds. The maximum Gasteiger partial charge on any atom is 0.320 e. The zero-order chi connectivity index (χ0) is 14.8. The lowest BCUT2D eigenvalue weighted by molar-refractivity contribution is -0.138. The Morgan fingerprint density at radius 1 is 1.10 bits per heavy atom. The van der Waals surface area contributed by atoms with Crippen LogP contribution in [-0.2, 0) is 11.2 Å². The molecule has 1 atom stereocenters. The third-order valence-electron chi connectivity index (χ3n) is 3.59. The minimum absolute atomic E-state index is 0.315. The van der Waals surface area contributed by atoms with Crippen molar-refractivity contribution in [3.8, 4) is 5.69 Å². The standard InChI is InChI=1S/C17H16N2O2/c18-15(17(20)21)10-12-11-19(13-6-2-1-3-7-13)16-9-5-4-8-14(12)16/h1-9,11,15H,10,18H2,(H,20,21)/t15-/m0/s1. The van der Waals surface area contributed by atoms with Gasteiger partial charge in [0.05, 0.1) is 5.52 Å². The molecule has 3 rings (SSSR count). The number of nitrogens with two attached hydrogens (primary N) is 1. The van der Waals surface area contributed by atoms with Crippen molar-refractivity contribution in [2.24, 2.45) is 5.73 Å². The van der Waals surface area contributed by atoms with Gasteiger partial charge in [0.25, 0.3) is 0 Å². The maximum atomic E-state index is 11.0. The van der Waals surface area contributed by atoms with E-state index in [0.717, 1.165) is 22.2 Å². The first kappa shape index (κ1) is 13.4. The van der Waals surface area contributed by atoms with E-state index in [-0.39, 0.29) is 0 Å². The fourth-order valence-electron chi connectivity index (χ4n) is 2.54. The molecular formula is C17H16N2O2. The summed E-state index contributed by atoms with van der Waals surface area (Å²) in [6.45, 7) is 0. The van der Waals surface area contributed by atoms with E-state index in [1.165, 1.54) is 0 Å². The number of nitrogens with zero attached hydrogens (tertiary/aromatic N) is 1. The molecule has 1 aromatic heterocycles. The highest BCUT2D eigenvalue weighted by Crippen LogP contribution is 2.25. The Morgan fingerprint density at radius 2 is 1.76 bits per heavy atom. The molecule has 21 heavy (non-hydrogen) atoms. The number of rotatable bonds is 4. The number of benzene rings is 2. The smallest absolute Gasteiger partial charge is 0.320 e. The van der Waals surface area contributed by atoms with E-state index < -0.39 is 12.0 Å². The second kappa shape index (κ2) is 5.42. The van der Waals surface area contributed by atoms with Gasteiger partial charge >= 0.3 is 5.97 Å². The molecule has 1 heterocycles. The lowest BCUT2D eigenvalue weighted by Gasteiger charge is -2.04. The molecule has 0 spiro atoms. The lowest BCUT2D eigenvalue weighted by atomic mass is 10.1. The Morgan fingerprint density at radius 3 is 2.48 bits per heavy atom. The molecule has 0 radical (unpaired) electrons.